The number of unbranched alkanes of at least 4 members (excludes halogenated alkanes) is 2. The van der Waals surface area contributed by atoms with E-state index in [4.69, 9.17) is 0 Å². The molecular weight excluding hydrogens is 254 g/mol. The highest BCUT2D eigenvalue weighted by Gasteiger charge is 2.11. The highest BCUT2D eigenvalue weighted by atomic mass is 15.1. The van der Waals surface area contributed by atoms with Gasteiger partial charge >= 0.3 is 0 Å². The molecule has 0 N–H and O–H groups in total. The summed E-state index contributed by atoms with van der Waals surface area (Å²) in [5, 5.41) is 0. The summed E-state index contributed by atoms with van der Waals surface area (Å²) in [5.41, 5.74) is 2.37. The Morgan fingerprint density at radius 3 is 2.48 bits per heavy atom. The number of allylic oxidation sites excluding steroid dienone is 2. The van der Waals surface area contributed by atoms with Gasteiger partial charge in [0.1, 0.15) is 0 Å². The first-order chi connectivity index (χ1) is 10.4. The molecule has 0 amide bonds. The molecule has 21 heavy (non-hydrogen) atoms. The fourth-order valence-corrected chi connectivity index (χ4v) is 2.34. The number of nitrogens with zero attached hydrogens (tertiary/aromatic N) is 1. The van der Waals surface area contributed by atoms with E-state index in [1.165, 1.54) is 44.5 Å². The molecule has 2 rings (SSSR count). The van der Waals surface area contributed by atoms with Crippen molar-refractivity contribution in [2.75, 3.05) is 18.0 Å². The van der Waals surface area contributed by atoms with Gasteiger partial charge in [-0.1, -0.05) is 37.0 Å². The van der Waals surface area contributed by atoms with Crippen LogP contribution in [0, 0.1) is 23.7 Å². The Morgan fingerprint density at radius 1 is 1.05 bits per heavy atom. The van der Waals surface area contributed by atoms with Crippen LogP contribution in [0.25, 0.3) is 0 Å². The first kappa shape index (κ1) is 15.3. The van der Waals surface area contributed by atoms with E-state index in [2.05, 4.69) is 59.8 Å². The highest BCUT2D eigenvalue weighted by Crippen LogP contribution is 2.19. The van der Waals surface area contributed by atoms with Crippen molar-refractivity contribution in [3.63, 3.8) is 0 Å². The third kappa shape index (κ3) is 5.41. The lowest BCUT2D eigenvalue weighted by Gasteiger charge is -2.17. The second kappa shape index (κ2) is 8.93. The molecule has 1 aromatic carbocycles. The predicted octanol–water partition coefficient (Wildman–Crippen LogP) is 4.39. The van der Waals surface area contributed by atoms with E-state index in [-0.39, 0.29) is 0 Å². The molecule has 0 unspecified atom stereocenters. The van der Waals surface area contributed by atoms with Crippen molar-refractivity contribution in [3.8, 4) is 23.7 Å². The summed E-state index contributed by atoms with van der Waals surface area (Å²) in [6, 6.07) is 8.54. The minimum atomic E-state index is 0.978. The Hall–Kier alpha value is -2.12. The minimum Gasteiger partial charge on any atom is -0.372 e. The summed E-state index contributed by atoms with van der Waals surface area (Å²) in [5.74, 6) is 12.3. The molecule has 1 aliphatic rings. The smallest absolute Gasteiger partial charge is 0.0367 e. The summed E-state index contributed by atoms with van der Waals surface area (Å²) in [6.07, 6.45) is 9.64. The third-order valence-electron chi connectivity index (χ3n) is 3.56. The van der Waals surface area contributed by atoms with Gasteiger partial charge in [0.05, 0.1) is 0 Å². The predicted molar refractivity (Wildman–Crippen MR) is 91.2 cm³/mol. The molecule has 0 aliphatic carbocycles. The summed E-state index contributed by atoms with van der Waals surface area (Å²) < 4.78 is 0. The standard InChI is InChI=1S/C20H23N/c1-2-3-4-5-6-7-8-9-12-19-13-15-20(16-14-19)21-17-10-11-18-21/h7-8,13-16H,2-4,10-11,17-18H2,1H3. The van der Waals surface area contributed by atoms with Crippen molar-refractivity contribution in [2.24, 2.45) is 0 Å². The third-order valence-corrected chi connectivity index (χ3v) is 3.56. The fourth-order valence-electron chi connectivity index (χ4n) is 2.34. The maximum Gasteiger partial charge on any atom is 0.0367 e. The zero-order valence-corrected chi connectivity index (χ0v) is 12.9. The van der Waals surface area contributed by atoms with Crippen molar-refractivity contribution in [1.82, 2.24) is 0 Å². The lowest BCUT2D eigenvalue weighted by molar-refractivity contribution is 0.828. The van der Waals surface area contributed by atoms with Crippen LogP contribution in [0.3, 0.4) is 0 Å². The van der Waals surface area contributed by atoms with Crippen LogP contribution in [-0.4, -0.2) is 13.1 Å². The lowest BCUT2D eigenvalue weighted by atomic mass is 10.2. The van der Waals surface area contributed by atoms with Crippen molar-refractivity contribution < 1.29 is 0 Å². The van der Waals surface area contributed by atoms with E-state index in [0.717, 1.165) is 12.0 Å². The molecule has 1 fully saturated rings. The van der Waals surface area contributed by atoms with Gasteiger partial charge in [0.25, 0.3) is 0 Å². The second-order valence-electron chi connectivity index (χ2n) is 5.27. The fraction of sp³-hybridized carbons (Fsp3) is 0.400. The molecule has 108 valence electrons. The Labute approximate surface area is 129 Å². The van der Waals surface area contributed by atoms with Crippen LogP contribution < -0.4 is 4.90 Å². The van der Waals surface area contributed by atoms with Gasteiger partial charge in [0.2, 0.25) is 0 Å². The molecule has 0 atom stereocenters. The molecular formula is C20H23N. The monoisotopic (exact) mass is 277 g/mol. The summed E-state index contributed by atoms with van der Waals surface area (Å²) in [4.78, 5) is 2.43. The minimum absolute atomic E-state index is 0.978. The van der Waals surface area contributed by atoms with Gasteiger partial charge in [-0.15, -0.1) is 0 Å². The summed E-state index contributed by atoms with van der Waals surface area (Å²) in [7, 11) is 0. The van der Waals surface area contributed by atoms with Crippen LogP contribution in [0.1, 0.15) is 44.6 Å². The maximum absolute atomic E-state index is 3.14. The SMILES string of the molecule is CCCCC#CC=CC#Cc1ccc(N2CCCC2)cc1. The number of anilines is 1. The largest absolute Gasteiger partial charge is 0.372 e. The first-order valence-electron chi connectivity index (χ1n) is 7.90. The van der Waals surface area contributed by atoms with Crippen molar-refractivity contribution in [1.29, 1.82) is 0 Å². The van der Waals surface area contributed by atoms with Crippen LogP contribution >= 0.6 is 0 Å². The van der Waals surface area contributed by atoms with Crippen LogP contribution in [0.5, 0.6) is 0 Å². The van der Waals surface area contributed by atoms with E-state index in [1.807, 2.05) is 12.2 Å². The Kier molecular flexibility index (Phi) is 6.50. The van der Waals surface area contributed by atoms with E-state index in [1.54, 1.807) is 0 Å². The molecule has 1 aromatic rings. The van der Waals surface area contributed by atoms with Gasteiger partial charge in [0, 0.05) is 30.8 Å². The topological polar surface area (TPSA) is 3.24 Å². The molecule has 1 heterocycles. The lowest BCUT2D eigenvalue weighted by Crippen LogP contribution is -2.17. The van der Waals surface area contributed by atoms with Crippen molar-refractivity contribution in [2.45, 2.75) is 39.0 Å². The zero-order chi connectivity index (χ0) is 14.8. The Balaban J connectivity index is 1.84. The average Bonchev–Trinajstić information content (AvgIpc) is 3.05. The normalized spacial score (nSPS) is 13.7. The number of hydrogen-bond acceptors (Lipinski definition) is 1. The molecule has 0 radical (unpaired) electrons. The number of benzene rings is 1. The second-order valence-corrected chi connectivity index (χ2v) is 5.27. The molecule has 1 nitrogen and oxygen atoms in total. The summed E-state index contributed by atoms with van der Waals surface area (Å²) >= 11 is 0. The Bertz CT molecular complexity index is 566. The Morgan fingerprint density at radius 2 is 1.76 bits per heavy atom. The quantitative estimate of drug-likeness (QED) is 0.585. The maximum atomic E-state index is 3.14. The molecule has 0 aromatic heterocycles. The van der Waals surface area contributed by atoms with Crippen LogP contribution in [0.4, 0.5) is 5.69 Å². The van der Waals surface area contributed by atoms with Gasteiger partial charge < -0.3 is 4.90 Å². The number of rotatable bonds is 3. The van der Waals surface area contributed by atoms with Gasteiger partial charge in [-0.3, -0.25) is 0 Å². The van der Waals surface area contributed by atoms with Gasteiger partial charge in [0.15, 0.2) is 0 Å². The molecule has 1 aliphatic heterocycles. The van der Waals surface area contributed by atoms with Crippen molar-refractivity contribution in [3.05, 3.63) is 42.0 Å². The van der Waals surface area contributed by atoms with E-state index < -0.39 is 0 Å². The number of hydrogen-bond donors (Lipinski definition) is 0. The average molecular weight is 277 g/mol. The van der Waals surface area contributed by atoms with E-state index in [0.29, 0.717) is 0 Å². The van der Waals surface area contributed by atoms with E-state index >= 15 is 0 Å². The van der Waals surface area contributed by atoms with E-state index in [9.17, 15) is 0 Å². The molecule has 1 heteroatoms. The summed E-state index contributed by atoms with van der Waals surface area (Å²) in [6.45, 7) is 4.55. The van der Waals surface area contributed by atoms with Gasteiger partial charge in [-0.25, -0.2) is 0 Å². The molecule has 0 spiro atoms. The van der Waals surface area contributed by atoms with Crippen LogP contribution in [0.15, 0.2) is 36.4 Å². The van der Waals surface area contributed by atoms with Crippen LogP contribution in [0.2, 0.25) is 0 Å². The van der Waals surface area contributed by atoms with Gasteiger partial charge in [-0.05, 0) is 55.7 Å². The molecule has 1 saturated heterocycles. The highest BCUT2D eigenvalue weighted by molar-refractivity contribution is 5.51. The molecule has 0 bridgehead atoms. The van der Waals surface area contributed by atoms with Gasteiger partial charge in [-0.2, -0.15) is 0 Å². The molecule has 0 saturated carbocycles. The van der Waals surface area contributed by atoms with Crippen molar-refractivity contribution >= 4 is 5.69 Å². The van der Waals surface area contributed by atoms with Crippen LogP contribution in [-0.2, 0) is 0 Å². The first-order valence-corrected chi connectivity index (χ1v) is 7.90. The zero-order valence-electron chi connectivity index (χ0n) is 12.9.